The molecule has 126 valence electrons. The number of anilines is 2. The highest BCUT2D eigenvalue weighted by Crippen LogP contribution is 2.24. The molecule has 0 saturated heterocycles. The largest absolute Gasteiger partial charge is 0.320 e. The Balaban J connectivity index is 1.72. The number of hydrogen-bond donors (Lipinski definition) is 2. The van der Waals surface area contributed by atoms with Gasteiger partial charge in [0, 0.05) is 16.8 Å². The Labute approximate surface area is 152 Å². The number of rotatable bonds is 4. The van der Waals surface area contributed by atoms with Gasteiger partial charge in [-0.25, -0.2) is 4.98 Å². The van der Waals surface area contributed by atoms with Crippen LogP contribution in [0.25, 0.3) is 0 Å². The molecule has 0 fully saturated rings. The molecule has 3 rings (SSSR count). The molecular formula is C17H13ClN4O2S. The van der Waals surface area contributed by atoms with Crippen molar-refractivity contribution in [1.82, 2.24) is 9.97 Å². The van der Waals surface area contributed by atoms with E-state index >= 15 is 0 Å². The lowest BCUT2D eigenvalue weighted by molar-refractivity contribution is 0.102. The third-order valence-electron chi connectivity index (χ3n) is 3.25. The summed E-state index contributed by atoms with van der Waals surface area (Å²) in [5, 5.41) is 6.34. The first-order valence-electron chi connectivity index (χ1n) is 7.28. The summed E-state index contributed by atoms with van der Waals surface area (Å²) in [5.41, 5.74) is 1.59. The molecule has 0 saturated carbocycles. The van der Waals surface area contributed by atoms with Gasteiger partial charge in [-0.15, -0.1) is 0 Å². The van der Waals surface area contributed by atoms with Crippen molar-refractivity contribution in [2.24, 2.45) is 0 Å². The van der Waals surface area contributed by atoms with Crippen LogP contribution in [0.15, 0.2) is 48.8 Å². The maximum atomic E-state index is 12.3. The lowest BCUT2D eigenvalue weighted by Gasteiger charge is -2.02. The minimum atomic E-state index is -0.315. The predicted molar refractivity (Wildman–Crippen MR) is 98.4 cm³/mol. The summed E-state index contributed by atoms with van der Waals surface area (Å²) in [6.07, 6.45) is 3.18. The lowest BCUT2D eigenvalue weighted by atomic mass is 10.2. The van der Waals surface area contributed by atoms with Crippen LogP contribution in [-0.2, 0) is 0 Å². The molecule has 2 aromatic heterocycles. The van der Waals surface area contributed by atoms with E-state index in [1.54, 1.807) is 55.7 Å². The molecular weight excluding hydrogens is 360 g/mol. The van der Waals surface area contributed by atoms with Crippen molar-refractivity contribution in [3.63, 3.8) is 0 Å². The molecule has 0 atom stereocenters. The quantitative estimate of drug-likeness (QED) is 0.724. The van der Waals surface area contributed by atoms with Crippen LogP contribution in [0.5, 0.6) is 0 Å². The number of nitrogens with zero attached hydrogens (tertiary/aromatic N) is 2. The number of amides is 2. The molecule has 0 aliphatic carbocycles. The SMILES string of the molecule is Cc1nc(NC(=O)c2ccc(Cl)cc2)sc1C(=O)Nc1cccnc1. The zero-order valence-corrected chi connectivity index (χ0v) is 14.7. The molecule has 8 heteroatoms. The van der Waals surface area contributed by atoms with Crippen molar-refractivity contribution in [1.29, 1.82) is 0 Å². The molecule has 0 aliphatic heterocycles. The molecule has 3 aromatic rings. The van der Waals surface area contributed by atoms with Crippen LogP contribution < -0.4 is 10.6 Å². The topological polar surface area (TPSA) is 84.0 Å². The normalized spacial score (nSPS) is 10.3. The van der Waals surface area contributed by atoms with E-state index in [0.29, 0.717) is 32.0 Å². The van der Waals surface area contributed by atoms with Gasteiger partial charge in [0.1, 0.15) is 4.88 Å². The summed E-state index contributed by atoms with van der Waals surface area (Å²) in [6, 6.07) is 9.98. The highest BCUT2D eigenvalue weighted by molar-refractivity contribution is 7.17. The number of carbonyl (C=O) groups excluding carboxylic acids is 2. The molecule has 2 amide bonds. The molecule has 1 aromatic carbocycles. The van der Waals surface area contributed by atoms with Gasteiger partial charge in [-0.3, -0.25) is 19.9 Å². The van der Waals surface area contributed by atoms with Crippen molar-refractivity contribution in [2.75, 3.05) is 10.6 Å². The van der Waals surface area contributed by atoms with E-state index in [4.69, 9.17) is 11.6 Å². The Morgan fingerprint density at radius 2 is 1.84 bits per heavy atom. The van der Waals surface area contributed by atoms with Crippen LogP contribution in [0.2, 0.25) is 5.02 Å². The number of halogens is 1. The monoisotopic (exact) mass is 372 g/mol. The first-order chi connectivity index (χ1) is 12.0. The van der Waals surface area contributed by atoms with Gasteiger partial charge in [0.15, 0.2) is 5.13 Å². The summed E-state index contributed by atoms with van der Waals surface area (Å²) >= 11 is 6.92. The van der Waals surface area contributed by atoms with Gasteiger partial charge in [-0.1, -0.05) is 22.9 Å². The molecule has 25 heavy (non-hydrogen) atoms. The smallest absolute Gasteiger partial charge is 0.267 e. The number of nitrogens with one attached hydrogen (secondary N) is 2. The summed E-state index contributed by atoms with van der Waals surface area (Å²) in [6.45, 7) is 1.71. The second-order valence-electron chi connectivity index (χ2n) is 5.09. The molecule has 2 heterocycles. The Morgan fingerprint density at radius 1 is 1.08 bits per heavy atom. The van der Waals surface area contributed by atoms with Crippen molar-refractivity contribution in [3.05, 3.63) is 69.9 Å². The van der Waals surface area contributed by atoms with Gasteiger partial charge in [-0.2, -0.15) is 0 Å². The summed E-state index contributed by atoms with van der Waals surface area (Å²) in [7, 11) is 0. The van der Waals surface area contributed by atoms with Gasteiger partial charge < -0.3 is 5.32 Å². The van der Waals surface area contributed by atoms with E-state index in [2.05, 4.69) is 20.6 Å². The predicted octanol–water partition coefficient (Wildman–Crippen LogP) is 4.00. The highest BCUT2D eigenvalue weighted by Gasteiger charge is 2.17. The lowest BCUT2D eigenvalue weighted by Crippen LogP contribution is -2.11. The Bertz CT molecular complexity index is 910. The molecule has 0 bridgehead atoms. The van der Waals surface area contributed by atoms with E-state index in [9.17, 15) is 9.59 Å². The zero-order valence-electron chi connectivity index (χ0n) is 13.1. The van der Waals surface area contributed by atoms with Crippen molar-refractivity contribution in [3.8, 4) is 0 Å². The maximum absolute atomic E-state index is 12.3. The molecule has 0 radical (unpaired) electrons. The van der Waals surface area contributed by atoms with Crippen LogP contribution in [0.1, 0.15) is 25.7 Å². The highest BCUT2D eigenvalue weighted by atomic mass is 35.5. The van der Waals surface area contributed by atoms with Gasteiger partial charge in [0.25, 0.3) is 11.8 Å². The third-order valence-corrected chi connectivity index (χ3v) is 4.57. The van der Waals surface area contributed by atoms with E-state index in [1.165, 1.54) is 0 Å². The molecule has 2 N–H and O–H groups in total. The summed E-state index contributed by atoms with van der Waals surface area (Å²) in [5.74, 6) is -0.611. The number of hydrogen-bond acceptors (Lipinski definition) is 5. The van der Waals surface area contributed by atoms with Crippen molar-refractivity contribution < 1.29 is 9.59 Å². The zero-order chi connectivity index (χ0) is 17.8. The second-order valence-corrected chi connectivity index (χ2v) is 6.53. The third kappa shape index (κ3) is 4.20. The van der Waals surface area contributed by atoms with Crippen LogP contribution in [-0.4, -0.2) is 21.8 Å². The molecule has 0 unspecified atom stereocenters. The van der Waals surface area contributed by atoms with Crippen LogP contribution >= 0.6 is 22.9 Å². The van der Waals surface area contributed by atoms with Gasteiger partial charge in [-0.05, 0) is 43.3 Å². The van der Waals surface area contributed by atoms with Crippen molar-refractivity contribution >= 4 is 45.6 Å². The molecule has 6 nitrogen and oxygen atoms in total. The standard InChI is InChI=1S/C17H13ClN4O2S/c1-10-14(16(24)21-13-3-2-8-19-9-13)25-17(20-10)22-15(23)11-4-6-12(18)7-5-11/h2-9H,1H3,(H,21,24)(H,20,22,23). The fraction of sp³-hybridized carbons (Fsp3) is 0.0588. The number of pyridine rings is 1. The maximum Gasteiger partial charge on any atom is 0.267 e. The number of thiazole rings is 1. The van der Waals surface area contributed by atoms with E-state index < -0.39 is 0 Å². The van der Waals surface area contributed by atoms with E-state index in [0.717, 1.165) is 11.3 Å². The Hall–Kier alpha value is -2.77. The van der Waals surface area contributed by atoms with Crippen molar-refractivity contribution in [2.45, 2.75) is 6.92 Å². The first-order valence-corrected chi connectivity index (χ1v) is 8.48. The van der Waals surface area contributed by atoms with Gasteiger partial charge in [0.2, 0.25) is 0 Å². The summed E-state index contributed by atoms with van der Waals surface area (Å²) in [4.78, 5) is 33.2. The van der Waals surface area contributed by atoms with Crippen LogP contribution in [0.4, 0.5) is 10.8 Å². The number of carbonyl (C=O) groups is 2. The number of aryl methyl sites for hydroxylation is 1. The second kappa shape index (κ2) is 7.42. The fourth-order valence-corrected chi connectivity index (χ4v) is 3.04. The number of benzene rings is 1. The Morgan fingerprint density at radius 3 is 2.52 bits per heavy atom. The van der Waals surface area contributed by atoms with Crippen LogP contribution in [0, 0.1) is 6.92 Å². The Kier molecular flexibility index (Phi) is 5.06. The van der Waals surface area contributed by atoms with Gasteiger partial charge in [0.05, 0.1) is 17.6 Å². The summed E-state index contributed by atoms with van der Waals surface area (Å²) < 4.78 is 0. The fourth-order valence-electron chi connectivity index (χ4n) is 2.06. The molecule has 0 spiro atoms. The van der Waals surface area contributed by atoms with Crippen LogP contribution in [0.3, 0.4) is 0 Å². The molecule has 0 aliphatic rings. The minimum Gasteiger partial charge on any atom is -0.320 e. The first kappa shape index (κ1) is 17.1. The van der Waals surface area contributed by atoms with E-state index in [1.807, 2.05) is 0 Å². The van der Waals surface area contributed by atoms with Gasteiger partial charge >= 0.3 is 0 Å². The average Bonchev–Trinajstić information content (AvgIpc) is 2.96. The number of aromatic nitrogens is 2. The van der Waals surface area contributed by atoms with E-state index in [-0.39, 0.29) is 11.8 Å². The minimum absolute atomic E-state index is 0.296. The average molecular weight is 373 g/mol.